The van der Waals surface area contributed by atoms with Crippen LogP contribution in [0.2, 0.25) is 0 Å². The zero-order valence-corrected chi connectivity index (χ0v) is 16.1. The van der Waals surface area contributed by atoms with E-state index in [2.05, 4.69) is 71.5 Å². The molecule has 0 atom stereocenters. The summed E-state index contributed by atoms with van der Waals surface area (Å²) < 4.78 is 13.9. The lowest BCUT2D eigenvalue weighted by atomic mass is 9.90. The average molecular weight is 373 g/mol. The van der Waals surface area contributed by atoms with Gasteiger partial charge < -0.3 is 0 Å². The SMILES string of the molecule is CCC/C=C/C1=Cc2ccc(C#Cc3ccc(N=C=S)c(F)c3)cc2CC1. The molecule has 0 N–H and O–H groups in total. The number of fused-ring (bicyclic) bond motifs is 1. The normalized spacial score (nSPS) is 12.6. The van der Waals surface area contributed by atoms with Gasteiger partial charge in [-0.3, -0.25) is 0 Å². The molecule has 0 saturated heterocycles. The number of allylic oxidation sites excluding steroid dienone is 3. The van der Waals surface area contributed by atoms with Crippen LogP contribution in [0.4, 0.5) is 10.1 Å². The number of isothiocyanates is 1. The van der Waals surface area contributed by atoms with Gasteiger partial charge in [-0.15, -0.1) is 0 Å². The zero-order valence-electron chi connectivity index (χ0n) is 15.3. The second-order valence-corrected chi connectivity index (χ2v) is 6.63. The van der Waals surface area contributed by atoms with Crippen molar-refractivity contribution in [2.24, 2.45) is 4.99 Å². The molecule has 0 amide bonds. The van der Waals surface area contributed by atoms with Crippen molar-refractivity contribution in [2.45, 2.75) is 32.6 Å². The van der Waals surface area contributed by atoms with E-state index in [0.717, 1.165) is 24.8 Å². The van der Waals surface area contributed by atoms with Gasteiger partial charge in [-0.2, -0.15) is 4.99 Å². The van der Waals surface area contributed by atoms with E-state index >= 15 is 0 Å². The predicted molar refractivity (Wildman–Crippen MR) is 114 cm³/mol. The molecule has 1 nitrogen and oxygen atoms in total. The first-order valence-electron chi connectivity index (χ1n) is 9.09. The van der Waals surface area contributed by atoms with Crippen LogP contribution in [-0.4, -0.2) is 5.16 Å². The van der Waals surface area contributed by atoms with Crippen LogP contribution in [0.1, 0.15) is 48.4 Å². The second kappa shape index (κ2) is 9.24. The quantitative estimate of drug-likeness (QED) is 0.332. The molecule has 2 aromatic rings. The van der Waals surface area contributed by atoms with Gasteiger partial charge in [-0.05, 0) is 78.5 Å². The molecular formula is C24H20FNS. The monoisotopic (exact) mass is 373 g/mol. The second-order valence-electron chi connectivity index (χ2n) is 6.44. The van der Waals surface area contributed by atoms with Gasteiger partial charge in [0.15, 0.2) is 5.82 Å². The Morgan fingerprint density at radius 2 is 1.89 bits per heavy atom. The topological polar surface area (TPSA) is 12.4 Å². The summed E-state index contributed by atoms with van der Waals surface area (Å²) in [6.45, 7) is 2.19. The lowest BCUT2D eigenvalue weighted by Crippen LogP contribution is -1.98. The highest BCUT2D eigenvalue weighted by Gasteiger charge is 2.09. The molecule has 0 radical (unpaired) electrons. The summed E-state index contributed by atoms with van der Waals surface area (Å²) >= 11 is 4.50. The Bertz CT molecular complexity index is 1010. The Labute approximate surface area is 165 Å². The predicted octanol–water partition coefficient (Wildman–Crippen LogP) is 6.65. The molecule has 0 saturated carbocycles. The van der Waals surface area contributed by atoms with E-state index in [0.29, 0.717) is 5.56 Å². The molecule has 2 aromatic carbocycles. The minimum Gasteiger partial charge on any atom is -0.205 e. The fourth-order valence-electron chi connectivity index (χ4n) is 2.99. The van der Waals surface area contributed by atoms with Gasteiger partial charge in [-0.1, -0.05) is 49.5 Å². The van der Waals surface area contributed by atoms with Crippen LogP contribution in [0.3, 0.4) is 0 Å². The first-order valence-corrected chi connectivity index (χ1v) is 9.50. The summed E-state index contributed by atoms with van der Waals surface area (Å²) in [5.41, 5.74) is 5.68. The van der Waals surface area contributed by atoms with Gasteiger partial charge in [0.25, 0.3) is 0 Å². The maximum Gasteiger partial charge on any atom is 0.150 e. The zero-order chi connectivity index (χ0) is 19.1. The minimum absolute atomic E-state index is 0.180. The molecule has 27 heavy (non-hydrogen) atoms. The molecule has 0 spiro atoms. The van der Waals surface area contributed by atoms with Crippen LogP contribution >= 0.6 is 12.2 Å². The van der Waals surface area contributed by atoms with Gasteiger partial charge in [-0.25, -0.2) is 4.39 Å². The maximum absolute atomic E-state index is 13.9. The summed E-state index contributed by atoms with van der Waals surface area (Å²) in [6, 6.07) is 10.9. The van der Waals surface area contributed by atoms with Crippen molar-refractivity contribution in [1.29, 1.82) is 0 Å². The van der Waals surface area contributed by atoms with Gasteiger partial charge >= 0.3 is 0 Å². The Morgan fingerprint density at radius 3 is 2.63 bits per heavy atom. The van der Waals surface area contributed by atoms with Crippen LogP contribution in [0.5, 0.6) is 0 Å². The lowest BCUT2D eigenvalue weighted by molar-refractivity contribution is 0.629. The minimum atomic E-state index is -0.446. The third-order valence-electron chi connectivity index (χ3n) is 4.42. The summed E-state index contributed by atoms with van der Waals surface area (Å²) in [7, 11) is 0. The molecule has 134 valence electrons. The van der Waals surface area contributed by atoms with Crippen LogP contribution in [-0.2, 0) is 6.42 Å². The summed E-state index contributed by atoms with van der Waals surface area (Å²) in [6.07, 6.45) is 11.1. The van der Waals surface area contributed by atoms with E-state index < -0.39 is 5.82 Å². The molecule has 1 aliphatic carbocycles. The molecule has 0 aliphatic heterocycles. The standard InChI is InChI=1S/C24H20FNS/c1-2-3-4-5-18-8-11-22-15-19(9-12-21(22)14-18)6-7-20-10-13-24(26-17-27)23(25)16-20/h4-5,9-10,12-16H,2-3,8,11H2,1H3/b5-4+. The van der Waals surface area contributed by atoms with E-state index in [-0.39, 0.29) is 5.69 Å². The molecule has 1 aliphatic rings. The van der Waals surface area contributed by atoms with Crippen molar-refractivity contribution >= 4 is 29.1 Å². The molecule has 0 unspecified atom stereocenters. The number of benzene rings is 2. The van der Waals surface area contributed by atoms with E-state index in [9.17, 15) is 4.39 Å². The molecule has 0 fully saturated rings. The first-order chi connectivity index (χ1) is 13.2. The number of rotatable bonds is 4. The highest BCUT2D eigenvalue weighted by molar-refractivity contribution is 7.78. The number of nitrogens with zero attached hydrogens (tertiary/aromatic N) is 1. The van der Waals surface area contributed by atoms with Crippen LogP contribution in [0.15, 0.2) is 59.1 Å². The highest BCUT2D eigenvalue weighted by Crippen LogP contribution is 2.25. The van der Waals surface area contributed by atoms with Gasteiger partial charge in [0.2, 0.25) is 0 Å². The van der Waals surface area contributed by atoms with Gasteiger partial charge in [0.1, 0.15) is 5.69 Å². The third kappa shape index (κ3) is 5.11. The average Bonchev–Trinajstić information content (AvgIpc) is 2.68. The Hall–Kier alpha value is -2.79. The van der Waals surface area contributed by atoms with Crippen LogP contribution < -0.4 is 0 Å². The Morgan fingerprint density at radius 1 is 1.11 bits per heavy atom. The highest BCUT2D eigenvalue weighted by atomic mass is 32.1. The van der Waals surface area contributed by atoms with E-state index in [1.807, 2.05) is 6.07 Å². The van der Waals surface area contributed by atoms with Gasteiger partial charge in [0, 0.05) is 11.1 Å². The Kier molecular flexibility index (Phi) is 6.49. The molecule has 0 aromatic heterocycles. The summed E-state index contributed by atoms with van der Waals surface area (Å²) in [4.78, 5) is 3.67. The summed E-state index contributed by atoms with van der Waals surface area (Å²) in [5.74, 6) is 5.70. The number of aryl methyl sites for hydroxylation is 1. The molecule has 0 heterocycles. The van der Waals surface area contributed by atoms with Gasteiger partial charge in [0.05, 0.1) is 5.16 Å². The molecule has 3 rings (SSSR count). The van der Waals surface area contributed by atoms with Crippen molar-refractivity contribution in [3.05, 3.63) is 82.2 Å². The van der Waals surface area contributed by atoms with Crippen LogP contribution in [0, 0.1) is 17.7 Å². The molecule has 0 bridgehead atoms. The number of halogens is 1. The fourth-order valence-corrected chi connectivity index (χ4v) is 3.09. The van der Waals surface area contributed by atoms with E-state index in [1.165, 1.54) is 29.2 Å². The van der Waals surface area contributed by atoms with Crippen molar-refractivity contribution in [2.75, 3.05) is 0 Å². The third-order valence-corrected chi connectivity index (χ3v) is 4.51. The van der Waals surface area contributed by atoms with Crippen LogP contribution in [0.25, 0.3) is 6.08 Å². The fraction of sp³-hybridized carbons (Fsp3) is 0.208. The number of hydrogen-bond donors (Lipinski definition) is 0. The van der Waals surface area contributed by atoms with Crippen molar-refractivity contribution in [3.8, 4) is 11.8 Å². The first kappa shape index (κ1) is 19.0. The van der Waals surface area contributed by atoms with E-state index in [1.54, 1.807) is 12.1 Å². The maximum atomic E-state index is 13.9. The van der Waals surface area contributed by atoms with E-state index in [4.69, 9.17) is 0 Å². The largest absolute Gasteiger partial charge is 0.205 e. The number of unbranched alkanes of at least 4 members (excludes halogenated alkanes) is 1. The van der Waals surface area contributed by atoms with Crippen molar-refractivity contribution in [3.63, 3.8) is 0 Å². The van der Waals surface area contributed by atoms with Crippen molar-refractivity contribution in [1.82, 2.24) is 0 Å². The summed E-state index contributed by atoms with van der Waals surface area (Å²) in [5, 5.41) is 2.17. The number of thiocarbonyl (C=S) groups is 1. The molecule has 3 heteroatoms. The number of aliphatic imine (C=N–C) groups is 1. The smallest absolute Gasteiger partial charge is 0.150 e. The Balaban J connectivity index is 1.79. The lowest BCUT2D eigenvalue weighted by Gasteiger charge is -2.14. The van der Waals surface area contributed by atoms with Crippen molar-refractivity contribution < 1.29 is 4.39 Å². The molecular weight excluding hydrogens is 353 g/mol. The number of hydrogen-bond acceptors (Lipinski definition) is 2.